The molecule has 0 spiro atoms. The van der Waals surface area contributed by atoms with Gasteiger partial charge in [-0.15, -0.1) is 0 Å². The third kappa shape index (κ3) is 10.7. The van der Waals surface area contributed by atoms with Gasteiger partial charge in [0.15, 0.2) is 0 Å². The summed E-state index contributed by atoms with van der Waals surface area (Å²) in [6.07, 6.45) is -2.20. The lowest BCUT2D eigenvalue weighted by molar-refractivity contribution is -0.139. The molecular formula is C15H24N4O9. The standard InChI is InChI=1S/C15H24N4O9/c16-7(1-4-10(20)21)14(27)19-9(3-6-12(24)25)15(28)18-8(13(17)26)2-5-11(22)23/h7-9H,1-6,16H2,(H2,17,26)(H,18,28)(H,19,27)(H,20,21)(H,22,23)(H,24,25)/t7-,8-,9-/m1/s1. The van der Waals surface area contributed by atoms with Crippen LogP contribution >= 0.6 is 0 Å². The molecule has 0 saturated carbocycles. The smallest absolute Gasteiger partial charge is 0.303 e. The number of hydrogen-bond donors (Lipinski definition) is 7. The highest BCUT2D eigenvalue weighted by molar-refractivity contribution is 5.93. The Morgan fingerprint density at radius 1 is 0.679 bits per heavy atom. The molecule has 0 rings (SSSR count). The molecule has 0 heterocycles. The van der Waals surface area contributed by atoms with Crippen LogP contribution in [0.25, 0.3) is 0 Å². The molecule has 158 valence electrons. The lowest BCUT2D eigenvalue weighted by Gasteiger charge is -2.22. The Morgan fingerprint density at radius 2 is 1.07 bits per heavy atom. The van der Waals surface area contributed by atoms with E-state index >= 15 is 0 Å². The number of carboxylic acids is 3. The Kier molecular flexibility index (Phi) is 10.8. The number of primary amides is 1. The summed E-state index contributed by atoms with van der Waals surface area (Å²) >= 11 is 0. The van der Waals surface area contributed by atoms with Gasteiger partial charge in [0.25, 0.3) is 0 Å². The molecule has 3 atom stereocenters. The van der Waals surface area contributed by atoms with Crippen molar-refractivity contribution in [2.24, 2.45) is 11.5 Å². The van der Waals surface area contributed by atoms with Gasteiger partial charge in [-0.2, -0.15) is 0 Å². The van der Waals surface area contributed by atoms with E-state index in [9.17, 15) is 28.8 Å². The number of nitrogens with one attached hydrogen (secondary N) is 2. The van der Waals surface area contributed by atoms with Crippen LogP contribution < -0.4 is 22.1 Å². The van der Waals surface area contributed by atoms with Crippen LogP contribution in [-0.2, 0) is 28.8 Å². The molecule has 13 nitrogen and oxygen atoms in total. The molecule has 0 aromatic rings. The van der Waals surface area contributed by atoms with Gasteiger partial charge >= 0.3 is 17.9 Å². The van der Waals surface area contributed by atoms with Gasteiger partial charge in [-0.25, -0.2) is 0 Å². The second kappa shape index (κ2) is 12.2. The van der Waals surface area contributed by atoms with Crippen LogP contribution in [0.4, 0.5) is 0 Å². The van der Waals surface area contributed by atoms with E-state index in [1.807, 2.05) is 0 Å². The molecule has 0 unspecified atom stereocenters. The van der Waals surface area contributed by atoms with Crippen molar-refractivity contribution in [2.75, 3.05) is 0 Å². The highest BCUT2D eigenvalue weighted by Gasteiger charge is 2.28. The second-order valence-electron chi connectivity index (χ2n) is 5.93. The summed E-state index contributed by atoms with van der Waals surface area (Å²) in [7, 11) is 0. The zero-order valence-corrected chi connectivity index (χ0v) is 14.9. The average Bonchev–Trinajstić information content (AvgIpc) is 2.58. The maximum Gasteiger partial charge on any atom is 0.303 e. The zero-order valence-electron chi connectivity index (χ0n) is 14.9. The quantitative estimate of drug-likeness (QED) is 0.159. The first-order valence-corrected chi connectivity index (χ1v) is 8.25. The molecule has 0 aromatic carbocycles. The average molecular weight is 404 g/mol. The molecule has 0 saturated heterocycles. The van der Waals surface area contributed by atoms with Crippen molar-refractivity contribution in [3.8, 4) is 0 Å². The fraction of sp³-hybridized carbons (Fsp3) is 0.600. The highest BCUT2D eigenvalue weighted by Crippen LogP contribution is 2.04. The van der Waals surface area contributed by atoms with E-state index in [0.717, 1.165) is 0 Å². The van der Waals surface area contributed by atoms with E-state index in [4.69, 9.17) is 26.8 Å². The number of hydrogen-bond acceptors (Lipinski definition) is 7. The summed E-state index contributed by atoms with van der Waals surface area (Å²) in [4.78, 5) is 67.6. The Labute approximate surface area is 159 Å². The Balaban J connectivity index is 5.08. The van der Waals surface area contributed by atoms with Crippen molar-refractivity contribution >= 4 is 35.6 Å². The van der Waals surface area contributed by atoms with Gasteiger partial charge < -0.3 is 37.4 Å². The van der Waals surface area contributed by atoms with Gasteiger partial charge in [0.05, 0.1) is 6.04 Å². The molecule has 0 radical (unpaired) electrons. The number of rotatable bonds is 14. The van der Waals surface area contributed by atoms with E-state index < -0.39 is 66.6 Å². The van der Waals surface area contributed by atoms with Crippen LogP contribution in [0.15, 0.2) is 0 Å². The Morgan fingerprint density at radius 3 is 1.50 bits per heavy atom. The maximum absolute atomic E-state index is 12.3. The number of carbonyl (C=O) groups excluding carboxylic acids is 3. The van der Waals surface area contributed by atoms with Crippen molar-refractivity contribution in [3.63, 3.8) is 0 Å². The summed E-state index contributed by atoms with van der Waals surface area (Å²) in [5.41, 5.74) is 10.6. The van der Waals surface area contributed by atoms with E-state index in [1.165, 1.54) is 0 Å². The van der Waals surface area contributed by atoms with Gasteiger partial charge in [-0.3, -0.25) is 28.8 Å². The molecule has 0 bridgehead atoms. The van der Waals surface area contributed by atoms with Gasteiger partial charge in [-0.1, -0.05) is 0 Å². The number of carboxylic acid groups (broad SMARTS) is 3. The SMILES string of the molecule is NC(=O)[C@@H](CCC(=O)O)NC(=O)[C@@H](CCC(=O)O)NC(=O)[C@H](N)CCC(=O)O. The molecule has 3 amide bonds. The lowest BCUT2D eigenvalue weighted by Crippen LogP contribution is -2.55. The summed E-state index contributed by atoms with van der Waals surface area (Å²) < 4.78 is 0. The van der Waals surface area contributed by atoms with E-state index in [1.54, 1.807) is 0 Å². The third-order valence-corrected chi connectivity index (χ3v) is 3.59. The Bertz CT molecular complexity index is 623. The minimum Gasteiger partial charge on any atom is -0.481 e. The number of aliphatic carboxylic acids is 3. The molecular weight excluding hydrogens is 380 g/mol. The molecule has 9 N–H and O–H groups in total. The molecule has 28 heavy (non-hydrogen) atoms. The van der Waals surface area contributed by atoms with Crippen LogP contribution in [0, 0.1) is 0 Å². The van der Waals surface area contributed by atoms with Crippen LogP contribution in [0.2, 0.25) is 0 Å². The van der Waals surface area contributed by atoms with Crippen molar-refractivity contribution in [2.45, 2.75) is 56.7 Å². The fourth-order valence-electron chi connectivity index (χ4n) is 2.05. The van der Waals surface area contributed by atoms with Crippen LogP contribution in [0.5, 0.6) is 0 Å². The normalized spacial score (nSPS) is 13.6. The summed E-state index contributed by atoms with van der Waals surface area (Å²) in [5.74, 6) is -6.48. The highest BCUT2D eigenvalue weighted by atomic mass is 16.4. The Hall–Kier alpha value is -3.22. The lowest BCUT2D eigenvalue weighted by atomic mass is 10.1. The van der Waals surface area contributed by atoms with E-state index in [2.05, 4.69) is 10.6 Å². The second-order valence-corrected chi connectivity index (χ2v) is 5.93. The monoisotopic (exact) mass is 404 g/mol. The summed E-state index contributed by atoms with van der Waals surface area (Å²) in [6.45, 7) is 0. The van der Waals surface area contributed by atoms with Gasteiger partial charge in [0.1, 0.15) is 12.1 Å². The zero-order chi connectivity index (χ0) is 21.9. The maximum atomic E-state index is 12.3. The first-order valence-electron chi connectivity index (χ1n) is 8.25. The largest absolute Gasteiger partial charge is 0.481 e. The van der Waals surface area contributed by atoms with Gasteiger partial charge in [0.2, 0.25) is 17.7 Å². The van der Waals surface area contributed by atoms with E-state index in [-0.39, 0.29) is 25.7 Å². The number of amides is 3. The summed E-state index contributed by atoms with van der Waals surface area (Å²) in [6, 6.07) is -3.99. The predicted molar refractivity (Wildman–Crippen MR) is 91.6 cm³/mol. The number of nitrogens with two attached hydrogens (primary N) is 2. The number of carbonyl (C=O) groups is 6. The third-order valence-electron chi connectivity index (χ3n) is 3.59. The molecule has 0 aromatic heterocycles. The first kappa shape index (κ1) is 24.8. The topological polar surface area (TPSA) is 239 Å². The van der Waals surface area contributed by atoms with Gasteiger partial charge in [-0.05, 0) is 19.3 Å². The van der Waals surface area contributed by atoms with E-state index in [0.29, 0.717) is 0 Å². The van der Waals surface area contributed by atoms with Crippen molar-refractivity contribution in [1.82, 2.24) is 10.6 Å². The van der Waals surface area contributed by atoms with Crippen LogP contribution in [-0.4, -0.2) is 69.1 Å². The predicted octanol–water partition coefficient (Wildman–Crippen LogP) is -2.64. The molecule has 13 heteroatoms. The first-order chi connectivity index (χ1) is 12.9. The summed E-state index contributed by atoms with van der Waals surface area (Å²) in [5, 5.41) is 30.4. The van der Waals surface area contributed by atoms with Crippen molar-refractivity contribution < 1.29 is 44.1 Å². The minimum atomic E-state index is -1.40. The van der Waals surface area contributed by atoms with Crippen LogP contribution in [0.1, 0.15) is 38.5 Å². The van der Waals surface area contributed by atoms with Crippen LogP contribution in [0.3, 0.4) is 0 Å². The van der Waals surface area contributed by atoms with Gasteiger partial charge in [0, 0.05) is 19.3 Å². The molecule has 0 aliphatic rings. The van der Waals surface area contributed by atoms with Crippen molar-refractivity contribution in [3.05, 3.63) is 0 Å². The molecule has 0 fully saturated rings. The van der Waals surface area contributed by atoms with Crippen molar-refractivity contribution in [1.29, 1.82) is 0 Å². The molecule has 0 aliphatic carbocycles. The molecule has 0 aliphatic heterocycles. The fourth-order valence-corrected chi connectivity index (χ4v) is 2.05. The minimum absolute atomic E-state index is 0.211.